The van der Waals surface area contributed by atoms with Crippen molar-refractivity contribution in [3.05, 3.63) is 75.8 Å². The number of nitro groups is 1. The number of aromatic nitrogens is 1. The van der Waals surface area contributed by atoms with Gasteiger partial charge in [0.05, 0.1) is 9.84 Å². The van der Waals surface area contributed by atoms with Crippen molar-refractivity contribution in [2.75, 3.05) is 0 Å². The zero-order valence-electron chi connectivity index (χ0n) is 11.2. The van der Waals surface area contributed by atoms with E-state index >= 15 is 0 Å². The quantitative estimate of drug-likeness (QED) is 0.236. The van der Waals surface area contributed by atoms with Gasteiger partial charge in [-0.25, -0.2) is 0 Å². The number of hydrogen-bond donors (Lipinski definition) is 0. The Morgan fingerprint density at radius 3 is 2.50 bits per heavy atom. The first-order valence-electron chi connectivity index (χ1n) is 6.36. The fraction of sp³-hybridized carbons (Fsp3) is 0. The molecule has 3 aromatic rings. The van der Waals surface area contributed by atoms with Gasteiger partial charge in [0.25, 0.3) is 5.69 Å². The normalized spacial score (nSPS) is 11.1. The van der Waals surface area contributed by atoms with Gasteiger partial charge in [0, 0.05) is 23.3 Å². The van der Waals surface area contributed by atoms with Gasteiger partial charge in [-0.2, -0.15) is 0 Å². The molecule has 2 aromatic carbocycles. The van der Waals surface area contributed by atoms with Crippen LogP contribution in [0.5, 0.6) is 0 Å². The highest BCUT2D eigenvalue weighted by Gasteiger charge is 2.17. The monoisotopic (exact) mass is 298 g/mol. The lowest BCUT2D eigenvalue weighted by atomic mass is 10.1. The minimum Gasteiger partial charge on any atom is -0.289 e. The molecule has 0 saturated heterocycles. The third-order valence-electron chi connectivity index (χ3n) is 3.04. The van der Waals surface area contributed by atoms with E-state index in [1.54, 1.807) is 30.3 Å². The molecule has 0 spiro atoms. The van der Waals surface area contributed by atoms with E-state index in [1.165, 1.54) is 24.3 Å². The average Bonchev–Trinajstić information content (AvgIpc) is 3.38. The molecular weight excluding hydrogens is 288 g/mol. The van der Waals surface area contributed by atoms with E-state index < -0.39 is 4.92 Å². The summed E-state index contributed by atoms with van der Waals surface area (Å²) in [4.78, 5) is 23.3. The van der Waals surface area contributed by atoms with E-state index in [-0.39, 0.29) is 11.5 Å². The predicted molar refractivity (Wildman–Crippen MR) is 76.8 cm³/mol. The fourth-order valence-electron chi connectivity index (χ4n) is 1.91. The Hall–Kier alpha value is -3.35. The number of benzene rings is 2. The van der Waals surface area contributed by atoms with Crippen molar-refractivity contribution in [1.82, 2.24) is 4.91 Å². The molecule has 7 heteroatoms. The molecule has 7 nitrogen and oxygen atoms in total. The van der Waals surface area contributed by atoms with Gasteiger partial charge < -0.3 is 0 Å². The average molecular weight is 298 g/mol. The Balaban J connectivity index is 1.89. The number of rotatable bonds is 5. The summed E-state index contributed by atoms with van der Waals surface area (Å²) >= 11 is 0. The van der Waals surface area contributed by atoms with E-state index in [1.807, 2.05) is 6.07 Å². The van der Waals surface area contributed by atoms with Crippen LogP contribution in [0, 0.1) is 10.1 Å². The molecule has 1 heterocycles. The highest BCUT2D eigenvalue weighted by Crippen LogP contribution is 2.24. The van der Waals surface area contributed by atoms with Crippen LogP contribution in [-0.2, 0) is 0 Å². The van der Waals surface area contributed by atoms with Crippen LogP contribution in [0.3, 0.4) is 0 Å². The first kappa shape index (κ1) is 13.6. The molecule has 3 rings (SSSR count). The topological polar surface area (TPSA) is 91.4 Å². The molecular formula is C15H10N2O5. The minimum atomic E-state index is -0.518. The van der Waals surface area contributed by atoms with Crippen LogP contribution in [0.1, 0.15) is 15.9 Å². The van der Waals surface area contributed by atoms with Crippen molar-refractivity contribution >= 4 is 17.5 Å². The van der Waals surface area contributed by atoms with Crippen molar-refractivity contribution in [3.8, 4) is 5.69 Å². The van der Waals surface area contributed by atoms with Gasteiger partial charge >= 0.3 is 0 Å². The highest BCUT2D eigenvalue weighted by molar-refractivity contribution is 6.06. The van der Waals surface area contributed by atoms with Crippen LogP contribution in [0.4, 0.5) is 5.69 Å². The molecule has 0 aliphatic carbocycles. The Kier molecular flexibility index (Phi) is 3.45. The molecule has 22 heavy (non-hydrogen) atoms. The Bertz CT molecular complexity index is 830. The number of carbonyl (C=O) groups excluding carboxylic acids is 1. The van der Waals surface area contributed by atoms with Gasteiger partial charge in [-0.1, -0.05) is 30.3 Å². The molecule has 0 unspecified atom stereocenters. The van der Waals surface area contributed by atoms with Crippen molar-refractivity contribution in [1.29, 1.82) is 0 Å². The summed E-state index contributed by atoms with van der Waals surface area (Å²) in [6.45, 7) is 0. The molecule has 0 radical (unpaired) electrons. The molecule has 0 aliphatic heterocycles. The van der Waals surface area contributed by atoms with Gasteiger partial charge in [-0.05, 0) is 18.2 Å². The van der Waals surface area contributed by atoms with Crippen molar-refractivity contribution in [3.63, 3.8) is 0 Å². The number of nitrogens with zero attached hydrogens (tertiary/aromatic N) is 2. The van der Waals surface area contributed by atoms with Crippen LogP contribution < -0.4 is 0 Å². The lowest BCUT2D eigenvalue weighted by molar-refractivity contribution is -0.384. The van der Waals surface area contributed by atoms with Crippen molar-refractivity contribution in [2.24, 2.45) is 0 Å². The maximum absolute atomic E-state index is 12.0. The van der Waals surface area contributed by atoms with Crippen LogP contribution >= 0.6 is 0 Å². The summed E-state index contributed by atoms with van der Waals surface area (Å²) in [6.07, 6.45) is 2.95. The second-order valence-electron chi connectivity index (χ2n) is 4.47. The van der Waals surface area contributed by atoms with Gasteiger partial charge in [0.15, 0.2) is 5.78 Å². The number of hydrogen-bond acceptors (Lipinski definition) is 5. The second-order valence-corrected chi connectivity index (χ2v) is 4.47. The van der Waals surface area contributed by atoms with Gasteiger partial charge in [0.2, 0.25) is 0 Å². The summed E-state index contributed by atoms with van der Waals surface area (Å²) < 4.78 is 9.11. The number of ketones is 1. The zero-order valence-corrected chi connectivity index (χ0v) is 11.2. The Morgan fingerprint density at radius 2 is 1.86 bits per heavy atom. The lowest BCUT2D eigenvalue weighted by Gasteiger charge is -1.99. The maximum Gasteiger partial charge on any atom is 0.271 e. The predicted octanol–water partition coefficient (Wildman–Crippen LogP) is 3.47. The summed E-state index contributed by atoms with van der Waals surface area (Å²) in [6, 6.07) is 13.0. The van der Waals surface area contributed by atoms with E-state index in [9.17, 15) is 14.9 Å². The molecule has 0 amide bonds. The van der Waals surface area contributed by atoms with E-state index in [0.29, 0.717) is 16.8 Å². The molecule has 0 saturated carbocycles. The van der Waals surface area contributed by atoms with Crippen LogP contribution in [0.15, 0.2) is 64.0 Å². The molecule has 110 valence electrons. The van der Waals surface area contributed by atoms with Crippen molar-refractivity contribution in [2.45, 2.75) is 0 Å². The van der Waals surface area contributed by atoms with E-state index in [2.05, 4.69) is 9.36 Å². The fourth-order valence-corrected chi connectivity index (χ4v) is 1.91. The third-order valence-corrected chi connectivity index (χ3v) is 3.04. The maximum atomic E-state index is 12.0. The smallest absolute Gasteiger partial charge is 0.271 e. The first-order valence-corrected chi connectivity index (χ1v) is 6.36. The minimum absolute atomic E-state index is 0.0966. The molecule has 1 aromatic heterocycles. The standard InChI is InChI=1S/C15H10N2O5/c18-15(12-4-2-1-3-5-12)9-7-11-6-8-13(16(19)20)10-14(11)17-21-22-17/h1-10H/b9-7+. The largest absolute Gasteiger partial charge is 0.289 e. The van der Waals surface area contributed by atoms with Crippen LogP contribution in [0.2, 0.25) is 0 Å². The summed E-state index contributed by atoms with van der Waals surface area (Å²) in [7, 11) is 0. The van der Waals surface area contributed by atoms with E-state index in [0.717, 1.165) is 4.91 Å². The number of allylic oxidation sites excluding steroid dienone is 1. The lowest BCUT2D eigenvalue weighted by Crippen LogP contribution is -1.95. The van der Waals surface area contributed by atoms with Crippen molar-refractivity contribution < 1.29 is 19.1 Å². The van der Waals surface area contributed by atoms with E-state index in [4.69, 9.17) is 0 Å². The number of non-ortho nitro benzene ring substituents is 1. The summed E-state index contributed by atoms with van der Waals surface area (Å²) in [5.41, 5.74) is 1.38. The zero-order chi connectivity index (χ0) is 15.5. The van der Waals surface area contributed by atoms with Crippen LogP contribution in [-0.4, -0.2) is 15.6 Å². The molecule has 0 N–H and O–H groups in total. The third kappa shape index (κ3) is 2.88. The molecule has 0 fully saturated rings. The molecule has 0 atom stereocenters. The number of nitro benzene ring substituents is 1. The Morgan fingerprint density at radius 1 is 1.14 bits per heavy atom. The SMILES string of the molecule is O=C(/C=C/c1ccc([N+](=O)[O-])cc1-n1oo1)c1ccccc1. The Labute approximate surface area is 124 Å². The highest BCUT2D eigenvalue weighted by atomic mass is 17.3. The van der Waals surface area contributed by atoms with Gasteiger partial charge in [-0.15, -0.1) is 9.36 Å². The second kappa shape index (κ2) is 5.57. The molecule has 0 aliphatic rings. The van der Waals surface area contributed by atoms with Gasteiger partial charge in [0.1, 0.15) is 5.69 Å². The molecule has 0 bridgehead atoms. The van der Waals surface area contributed by atoms with Crippen LogP contribution in [0.25, 0.3) is 11.8 Å². The van der Waals surface area contributed by atoms with Gasteiger partial charge in [-0.3, -0.25) is 14.9 Å². The first-order chi connectivity index (χ1) is 10.6. The summed E-state index contributed by atoms with van der Waals surface area (Å²) in [5.74, 6) is -0.169. The number of carbonyl (C=O) groups is 1. The summed E-state index contributed by atoms with van der Waals surface area (Å²) in [5, 5.41) is 10.8.